The van der Waals surface area contributed by atoms with Crippen LogP contribution in [0.1, 0.15) is 35.8 Å². The summed E-state index contributed by atoms with van der Waals surface area (Å²) in [6.45, 7) is 1.84. The summed E-state index contributed by atoms with van der Waals surface area (Å²) in [6.07, 6.45) is -6.32. The number of alkyl halides is 3. The van der Waals surface area contributed by atoms with E-state index in [-0.39, 0.29) is 5.56 Å². The zero-order valence-corrected chi connectivity index (χ0v) is 18.0. The molecule has 13 heteroatoms. The molecule has 0 radical (unpaired) electrons. The molecule has 3 N–H and O–H groups in total. The number of ether oxygens (including phenoxy) is 2. The van der Waals surface area contributed by atoms with Crippen molar-refractivity contribution in [2.24, 2.45) is 11.7 Å². The number of carbonyl (C=O) groups is 2. The Kier molecular flexibility index (Phi) is 6.53. The number of nitrogens with two attached hydrogens (primary N) is 1. The molecule has 184 valence electrons. The van der Waals surface area contributed by atoms with Crippen molar-refractivity contribution in [1.82, 2.24) is 4.98 Å². The van der Waals surface area contributed by atoms with Crippen molar-refractivity contribution in [2.75, 3.05) is 12.4 Å². The van der Waals surface area contributed by atoms with Crippen LogP contribution in [0, 0.1) is 23.4 Å². The number of halogens is 6. The Balaban J connectivity index is 2.10. The van der Waals surface area contributed by atoms with Crippen LogP contribution in [0.2, 0.25) is 0 Å². The maximum Gasteiger partial charge on any atom is 0.417 e. The molecule has 0 unspecified atom stereocenters. The van der Waals surface area contributed by atoms with Gasteiger partial charge in [-0.15, -0.1) is 0 Å². The van der Waals surface area contributed by atoms with Crippen LogP contribution in [0.3, 0.4) is 0 Å². The highest BCUT2D eigenvalue weighted by molar-refractivity contribution is 5.97. The van der Waals surface area contributed by atoms with Gasteiger partial charge in [0.2, 0.25) is 5.82 Å². The quantitative estimate of drug-likeness (QED) is 0.622. The molecule has 1 aromatic carbocycles. The van der Waals surface area contributed by atoms with E-state index >= 15 is 0 Å². The number of methoxy groups -OCH3 is 1. The highest BCUT2D eigenvalue weighted by Gasteiger charge is 2.66. The molecule has 1 saturated heterocycles. The third kappa shape index (κ3) is 4.15. The van der Waals surface area contributed by atoms with Gasteiger partial charge in [0.15, 0.2) is 23.0 Å². The molecule has 0 saturated carbocycles. The first-order chi connectivity index (χ1) is 15.7. The number of pyridine rings is 1. The van der Waals surface area contributed by atoms with Gasteiger partial charge in [0.25, 0.3) is 11.8 Å². The number of carbonyl (C=O) groups excluding carboxylic acids is 2. The summed E-state index contributed by atoms with van der Waals surface area (Å²) >= 11 is 0. The molecule has 0 aliphatic carbocycles. The van der Waals surface area contributed by atoms with Crippen molar-refractivity contribution in [3.05, 3.63) is 53.1 Å². The standard InChI is InChI=1S/C21H19F6N3O4/c1-8-14(9-4-5-10(22)15(24)16(9)33-3)17(34-20(8,2)21(25,26)27)19(32)30-12-6-13(18(28)31)29-7-11(12)23/h4-8,14,17H,1-3H3,(H2,28,31)(H,29,30,32)/t8-,14-,17+,20+/m0/s1. The third-order valence-electron chi connectivity index (χ3n) is 5.94. The zero-order valence-electron chi connectivity index (χ0n) is 18.0. The molecule has 1 aromatic heterocycles. The van der Waals surface area contributed by atoms with E-state index < -0.39 is 76.1 Å². The molecule has 1 aliphatic heterocycles. The fraction of sp³-hybridized carbons (Fsp3) is 0.381. The third-order valence-corrected chi connectivity index (χ3v) is 5.94. The molecule has 2 amide bonds. The molecule has 1 fully saturated rings. The van der Waals surface area contributed by atoms with Gasteiger partial charge in [0.05, 0.1) is 19.0 Å². The van der Waals surface area contributed by atoms with E-state index in [2.05, 4.69) is 10.3 Å². The molecule has 2 heterocycles. The van der Waals surface area contributed by atoms with Gasteiger partial charge in [-0.3, -0.25) is 9.59 Å². The second-order valence-electron chi connectivity index (χ2n) is 7.84. The SMILES string of the molecule is COc1c([C@H]2[C@H](C(=O)Nc3cc(C(N)=O)ncc3F)O[C@@](C)(C(F)(F)F)[C@H]2C)ccc(F)c1F. The Hall–Kier alpha value is -3.35. The van der Waals surface area contributed by atoms with Crippen molar-refractivity contribution in [1.29, 1.82) is 0 Å². The van der Waals surface area contributed by atoms with Gasteiger partial charge in [-0.2, -0.15) is 17.6 Å². The average molecular weight is 491 g/mol. The fourth-order valence-electron chi connectivity index (χ4n) is 3.91. The minimum atomic E-state index is -4.97. The number of nitrogens with one attached hydrogen (secondary N) is 1. The highest BCUT2D eigenvalue weighted by atomic mass is 19.4. The number of primary amides is 1. The molecule has 4 atom stereocenters. The second kappa shape index (κ2) is 8.78. The van der Waals surface area contributed by atoms with Gasteiger partial charge in [0.1, 0.15) is 11.8 Å². The van der Waals surface area contributed by atoms with Crippen molar-refractivity contribution >= 4 is 17.5 Å². The number of nitrogens with zero attached hydrogens (tertiary/aromatic N) is 1. The number of amides is 2. The first-order valence-electron chi connectivity index (χ1n) is 9.75. The molecule has 34 heavy (non-hydrogen) atoms. The molecule has 0 bridgehead atoms. The molecule has 3 rings (SSSR count). The van der Waals surface area contributed by atoms with Gasteiger partial charge in [-0.05, 0) is 19.1 Å². The Labute approximate surface area is 189 Å². The van der Waals surface area contributed by atoms with Crippen LogP contribution < -0.4 is 15.8 Å². The minimum Gasteiger partial charge on any atom is -0.493 e. The molecular weight excluding hydrogens is 472 g/mol. The summed E-state index contributed by atoms with van der Waals surface area (Å²) in [4.78, 5) is 27.8. The van der Waals surface area contributed by atoms with Gasteiger partial charge in [-0.1, -0.05) is 13.0 Å². The van der Waals surface area contributed by atoms with Crippen LogP contribution in [0.4, 0.5) is 32.0 Å². The van der Waals surface area contributed by atoms with E-state index in [9.17, 15) is 35.9 Å². The summed E-state index contributed by atoms with van der Waals surface area (Å²) < 4.78 is 94.1. The average Bonchev–Trinajstić information content (AvgIpc) is 3.03. The minimum absolute atomic E-state index is 0.255. The van der Waals surface area contributed by atoms with Crippen LogP contribution in [0.25, 0.3) is 0 Å². The summed E-state index contributed by atoms with van der Waals surface area (Å²) in [5.74, 6) is -9.85. The summed E-state index contributed by atoms with van der Waals surface area (Å²) in [5, 5.41) is 2.06. The largest absolute Gasteiger partial charge is 0.493 e. The number of aromatic nitrogens is 1. The molecule has 7 nitrogen and oxygen atoms in total. The predicted molar refractivity (Wildman–Crippen MR) is 105 cm³/mol. The number of rotatable bonds is 5. The van der Waals surface area contributed by atoms with Gasteiger partial charge < -0.3 is 20.5 Å². The molecule has 2 aromatic rings. The number of benzene rings is 1. The number of hydrogen-bond acceptors (Lipinski definition) is 5. The fourth-order valence-corrected chi connectivity index (χ4v) is 3.91. The Morgan fingerprint density at radius 2 is 1.85 bits per heavy atom. The van der Waals surface area contributed by atoms with E-state index in [0.29, 0.717) is 19.2 Å². The summed E-state index contributed by atoms with van der Waals surface area (Å²) in [5.41, 5.74) is 0.923. The Morgan fingerprint density at radius 3 is 2.41 bits per heavy atom. The monoisotopic (exact) mass is 491 g/mol. The molecule has 1 aliphatic rings. The van der Waals surface area contributed by atoms with Crippen molar-refractivity contribution in [3.63, 3.8) is 0 Å². The van der Waals surface area contributed by atoms with Crippen molar-refractivity contribution in [2.45, 2.75) is 37.6 Å². The molecular formula is C21H19F6N3O4. The van der Waals surface area contributed by atoms with E-state index in [0.717, 1.165) is 26.2 Å². The van der Waals surface area contributed by atoms with Crippen molar-refractivity contribution in [3.8, 4) is 5.75 Å². The Morgan fingerprint density at radius 1 is 1.21 bits per heavy atom. The number of anilines is 1. The van der Waals surface area contributed by atoms with Crippen LogP contribution in [-0.2, 0) is 9.53 Å². The molecule has 0 spiro atoms. The smallest absolute Gasteiger partial charge is 0.417 e. The lowest BCUT2D eigenvalue weighted by atomic mass is 9.77. The van der Waals surface area contributed by atoms with E-state index in [1.165, 1.54) is 0 Å². The zero-order chi connectivity index (χ0) is 25.6. The maximum absolute atomic E-state index is 14.4. The van der Waals surface area contributed by atoms with Crippen LogP contribution in [0.5, 0.6) is 5.75 Å². The van der Waals surface area contributed by atoms with E-state index in [1.807, 2.05) is 0 Å². The van der Waals surface area contributed by atoms with Gasteiger partial charge >= 0.3 is 6.18 Å². The van der Waals surface area contributed by atoms with Crippen LogP contribution in [-0.4, -0.2) is 41.8 Å². The lowest BCUT2D eigenvalue weighted by Gasteiger charge is -2.32. The summed E-state index contributed by atoms with van der Waals surface area (Å²) in [7, 11) is 0.984. The first kappa shape index (κ1) is 25.3. The second-order valence-corrected chi connectivity index (χ2v) is 7.84. The van der Waals surface area contributed by atoms with Gasteiger partial charge in [-0.25, -0.2) is 13.8 Å². The van der Waals surface area contributed by atoms with E-state index in [4.69, 9.17) is 15.2 Å². The normalized spacial score (nSPS) is 24.7. The lowest BCUT2D eigenvalue weighted by molar-refractivity contribution is -0.272. The lowest BCUT2D eigenvalue weighted by Crippen LogP contribution is -2.47. The topological polar surface area (TPSA) is 104 Å². The van der Waals surface area contributed by atoms with Crippen molar-refractivity contribution < 1.29 is 45.4 Å². The van der Waals surface area contributed by atoms with E-state index in [1.54, 1.807) is 0 Å². The Bertz CT molecular complexity index is 1140. The van der Waals surface area contributed by atoms with Crippen LogP contribution >= 0.6 is 0 Å². The first-order valence-corrected chi connectivity index (χ1v) is 9.75. The van der Waals surface area contributed by atoms with Crippen LogP contribution in [0.15, 0.2) is 24.4 Å². The highest BCUT2D eigenvalue weighted by Crippen LogP contribution is 2.55. The summed E-state index contributed by atoms with van der Waals surface area (Å²) in [6, 6.07) is 2.46. The maximum atomic E-state index is 14.4. The van der Waals surface area contributed by atoms with Gasteiger partial charge in [0, 0.05) is 17.4 Å². The predicted octanol–water partition coefficient (Wildman–Crippen LogP) is 3.68. The number of hydrogen-bond donors (Lipinski definition) is 2.